The summed E-state index contributed by atoms with van der Waals surface area (Å²) in [6, 6.07) is 13.8. The summed E-state index contributed by atoms with van der Waals surface area (Å²) in [6.07, 6.45) is -0.677. The topological polar surface area (TPSA) is 72.9 Å². The van der Waals surface area contributed by atoms with Crippen molar-refractivity contribution >= 4 is 0 Å². The van der Waals surface area contributed by atoms with Gasteiger partial charge in [-0.1, -0.05) is 18.2 Å². The largest absolute Gasteiger partial charge is 0.486 e. The summed E-state index contributed by atoms with van der Waals surface area (Å²) in [4.78, 5) is 4.72. The summed E-state index contributed by atoms with van der Waals surface area (Å²) in [5.74, 6) is 3.16. The van der Waals surface area contributed by atoms with Crippen molar-refractivity contribution in [1.29, 1.82) is 0 Å². The summed E-state index contributed by atoms with van der Waals surface area (Å²) in [6.45, 7) is 6.75. The van der Waals surface area contributed by atoms with E-state index in [-0.39, 0.29) is 6.10 Å². The van der Waals surface area contributed by atoms with Crippen LogP contribution in [0.1, 0.15) is 5.56 Å². The standard InChI is InChI=1S/C24H30N2O6/c27-19(14-28-15-20-16-29-21-3-1-2-4-23(21)32-20)13-26-9-7-25(8-10-26)12-18-5-6-22-24(11-18)31-17-30-22/h1-6,11,19-20,27H,7-10,12-17H2/t19-,20-/m0/s1. The van der Waals surface area contributed by atoms with E-state index in [9.17, 15) is 5.11 Å². The van der Waals surface area contributed by atoms with Crippen molar-refractivity contribution < 1.29 is 28.8 Å². The van der Waals surface area contributed by atoms with Gasteiger partial charge in [-0.2, -0.15) is 0 Å². The van der Waals surface area contributed by atoms with E-state index in [0.717, 1.165) is 55.7 Å². The third-order valence-corrected chi connectivity index (χ3v) is 5.96. The summed E-state index contributed by atoms with van der Waals surface area (Å²) in [7, 11) is 0. The van der Waals surface area contributed by atoms with Gasteiger partial charge in [-0.25, -0.2) is 0 Å². The van der Waals surface area contributed by atoms with Crippen LogP contribution >= 0.6 is 0 Å². The number of β-amino-alcohol motifs (C(OH)–C–C–N with tert-alkyl or cyclic N) is 1. The van der Waals surface area contributed by atoms with Crippen molar-refractivity contribution in [2.75, 3.05) is 59.3 Å². The number of nitrogens with zero attached hydrogens (tertiary/aromatic N) is 2. The van der Waals surface area contributed by atoms with Crippen LogP contribution in [0.4, 0.5) is 0 Å². The van der Waals surface area contributed by atoms with Gasteiger partial charge in [0, 0.05) is 39.3 Å². The van der Waals surface area contributed by atoms with Crippen molar-refractivity contribution in [2.24, 2.45) is 0 Å². The summed E-state index contributed by atoms with van der Waals surface area (Å²) in [5, 5.41) is 10.4. The fourth-order valence-electron chi connectivity index (χ4n) is 4.26. The average Bonchev–Trinajstić information content (AvgIpc) is 3.28. The van der Waals surface area contributed by atoms with Crippen LogP contribution in [0.3, 0.4) is 0 Å². The molecule has 0 spiro atoms. The van der Waals surface area contributed by atoms with E-state index >= 15 is 0 Å². The minimum Gasteiger partial charge on any atom is -0.486 e. The Morgan fingerprint density at radius 1 is 0.906 bits per heavy atom. The molecule has 3 aliphatic rings. The zero-order valence-electron chi connectivity index (χ0n) is 18.2. The molecule has 0 radical (unpaired) electrons. The molecule has 0 amide bonds. The number of para-hydroxylation sites is 2. The Kier molecular flexibility index (Phi) is 6.64. The van der Waals surface area contributed by atoms with Crippen molar-refractivity contribution in [3.63, 3.8) is 0 Å². The molecule has 32 heavy (non-hydrogen) atoms. The molecule has 0 saturated carbocycles. The number of aliphatic hydroxyl groups excluding tert-OH is 1. The lowest BCUT2D eigenvalue weighted by atomic mass is 10.1. The van der Waals surface area contributed by atoms with Gasteiger partial charge in [-0.15, -0.1) is 0 Å². The van der Waals surface area contributed by atoms with Gasteiger partial charge in [0.2, 0.25) is 6.79 Å². The van der Waals surface area contributed by atoms with E-state index < -0.39 is 6.10 Å². The third kappa shape index (κ3) is 5.27. The molecule has 172 valence electrons. The minimum absolute atomic E-state index is 0.156. The number of benzene rings is 2. The molecule has 0 aliphatic carbocycles. The number of ether oxygens (including phenoxy) is 5. The van der Waals surface area contributed by atoms with Crippen molar-refractivity contribution in [2.45, 2.75) is 18.8 Å². The van der Waals surface area contributed by atoms with Crippen molar-refractivity contribution in [3.8, 4) is 23.0 Å². The van der Waals surface area contributed by atoms with Gasteiger partial charge in [0.25, 0.3) is 0 Å². The molecule has 0 aromatic heterocycles. The Balaban J connectivity index is 0.986. The van der Waals surface area contributed by atoms with Crippen LogP contribution in [0.25, 0.3) is 0 Å². The molecule has 0 unspecified atom stereocenters. The van der Waals surface area contributed by atoms with Crippen LogP contribution in [0.15, 0.2) is 42.5 Å². The van der Waals surface area contributed by atoms with Gasteiger partial charge >= 0.3 is 0 Å². The Labute approximate surface area is 188 Å². The van der Waals surface area contributed by atoms with Gasteiger partial charge in [-0.05, 0) is 29.8 Å². The van der Waals surface area contributed by atoms with Gasteiger partial charge in [0.15, 0.2) is 29.1 Å². The SMILES string of the molecule is O[C@H](COC[C@H]1COc2ccccc2O1)CN1CCN(Cc2ccc3c(c2)OCO3)CC1. The van der Waals surface area contributed by atoms with Crippen LogP contribution in [0, 0.1) is 0 Å². The van der Waals surface area contributed by atoms with Crippen LogP contribution < -0.4 is 18.9 Å². The molecular weight excluding hydrogens is 412 g/mol. The molecule has 1 saturated heterocycles. The third-order valence-electron chi connectivity index (χ3n) is 5.96. The first-order valence-electron chi connectivity index (χ1n) is 11.2. The number of fused-ring (bicyclic) bond motifs is 2. The number of piperazine rings is 1. The highest BCUT2D eigenvalue weighted by Crippen LogP contribution is 2.33. The summed E-state index contributed by atoms with van der Waals surface area (Å²) >= 11 is 0. The zero-order valence-corrected chi connectivity index (χ0v) is 18.2. The quantitative estimate of drug-likeness (QED) is 0.663. The second-order valence-corrected chi connectivity index (χ2v) is 8.45. The van der Waals surface area contributed by atoms with E-state index in [1.807, 2.05) is 30.3 Å². The second-order valence-electron chi connectivity index (χ2n) is 8.45. The lowest BCUT2D eigenvalue weighted by molar-refractivity contribution is -0.0322. The van der Waals surface area contributed by atoms with Crippen LogP contribution in [0.5, 0.6) is 23.0 Å². The van der Waals surface area contributed by atoms with Gasteiger partial charge in [0.1, 0.15) is 6.61 Å². The van der Waals surface area contributed by atoms with E-state index in [2.05, 4.69) is 21.9 Å². The fourth-order valence-corrected chi connectivity index (χ4v) is 4.26. The lowest BCUT2D eigenvalue weighted by Gasteiger charge is -2.35. The van der Waals surface area contributed by atoms with Crippen LogP contribution in [0.2, 0.25) is 0 Å². The minimum atomic E-state index is -0.521. The first kappa shape index (κ1) is 21.3. The van der Waals surface area contributed by atoms with E-state index in [1.54, 1.807) is 0 Å². The Morgan fingerprint density at radius 2 is 1.66 bits per heavy atom. The molecule has 3 heterocycles. The molecule has 0 bridgehead atoms. The fraction of sp³-hybridized carbons (Fsp3) is 0.500. The smallest absolute Gasteiger partial charge is 0.231 e. The zero-order chi connectivity index (χ0) is 21.8. The predicted octanol–water partition coefficient (Wildman–Crippen LogP) is 1.75. The molecular formula is C24H30N2O6. The predicted molar refractivity (Wildman–Crippen MR) is 117 cm³/mol. The van der Waals surface area contributed by atoms with Crippen LogP contribution in [-0.2, 0) is 11.3 Å². The lowest BCUT2D eigenvalue weighted by Crippen LogP contribution is -2.48. The van der Waals surface area contributed by atoms with Gasteiger partial charge in [0.05, 0.1) is 19.3 Å². The maximum absolute atomic E-state index is 10.4. The van der Waals surface area contributed by atoms with Gasteiger partial charge in [-0.3, -0.25) is 9.80 Å². The highest BCUT2D eigenvalue weighted by Gasteiger charge is 2.23. The molecule has 1 N–H and O–H groups in total. The highest BCUT2D eigenvalue weighted by atomic mass is 16.7. The molecule has 2 atom stereocenters. The molecule has 2 aromatic carbocycles. The van der Waals surface area contributed by atoms with Crippen molar-refractivity contribution in [3.05, 3.63) is 48.0 Å². The Hall–Kier alpha value is -2.52. The molecule has 5 rings (SSSR count). The molecule has 1 fully saturated rings. The molecule has 8 nitrogen and oxygen atoms in total. The first-order valence-corrected chi connectivity index (χ1v) is 11.2. The highest BCUT2D eigenvalue weighted by molar-refractivity contribution is 5.44. The van der Waals surface area contributed by atoms with E-state index in [4.69, 9.17) is 23.7 Å². The molecule has 8 heteroatoms. The number of hydrogen-bond donors (Lipinski definition) is 1. The van der Waals surface area contributed by atoms with Crippen molar-refractivity contribution in [1.82, 2.24) is 9.80 Å². The monoisotopic (exact) mass is 442 g/mol. The maximum Gasteiger partial charge on any atom is 0.231 e. The Morgan fingerprint density at radius 3 is 2.53 bits per heavy atom. The number of hydrogen-bond acceptors (Lipinski definition) is 8. The van der Waals surface area contributed by atoms with Crippen LogP contribution in [-0.4, -0.2) is 86.5 Å². The molecule has 2 aromatic rings. The summed E-state index contributed by atoms with van der Waals surface area (Å²) < 4.78 is 28.1. The second kappa shape index (κ2) is 9.95. The molecule has 3 aliphatic heterocycles. The van der Waals surface area contributed by atoms with E-state index in [1.165, 1.54) is 5.56 Å². The van der Waals surface area contributed by atoms with E-state index in [0.29, 0.717) is 33.2 Å². The number of aliphatic hydroxyl groups is 1. The average molecular weight is 443 g/mol. The normalized spacial score (nSPS) is 21.5. The first-order chi connectivity index (χ1) is 15.7. The Bertz CT molecular complexity index is 902. The van der Waals surface area contributed by atoms with Gasteiger partial charge < -0.3 is 28.8 Å². The number of rotatable bonds is 8. The summed E-state index contributed by atoms with van der Waals surface area (Å²) in [5.41, 5.74) is 1.23. The maximum atomic E-state index is 10.4.